The molecule has 0 aromatic heterocycles. The van der Waals surface area contributed by atoms with Gasteiger partial charge in [0.1, 0.15) is 0 Å². The van der Waals surface area contributed by atoms with Crippen molar-refractivity contribution in [3.05, 3.63) is 33.3 Å². The zero-order chi connectivity index (χ0) is 12.7. The number of halogens is 2. The lowest BCUT2D eigenvalue weighted by Gasteiger charge is -2.40. The van der Waals surface area contributed by atoms with Crippen LogP contribution in [0.2, 0.25) is 5.02 Å². The highest BCUT2D eigenvalue weighted by molar-refractivity contribution is 9.10. The van der Waals surface area contributed by atoms with Crippen LogP contribution >= 0.6 is 27.5 Å². The third-order valence-electron chi connectivity index (χ3n) is 4.02. The minimum absolute atomic E-state index is 0.243. The molecule has 2 aliphatic rings. The molecule has 0 radical (unpaired) electrons. The molecule has 0 amide bonds. The molecule has 0 spiro atoms. The van der Waals surface area contributed by atoms with Gasteiger partial charge in [0, 0.05) is 16.6 Å². The molecule has 3 rings (SSSR count). The lowest BCUT2D eigenvalue weighted by Crippen LogP contribution is -2.46. The van der Waals surface area contributed by atoms with E-state index in [9.17, 15) is 0 Å². The summed E-state index contributed by atoms with van der Waals surface area (Å²) in [6.45, 7) is 1.18. The third kappa shape index (κ3) is 2.46. The molecule has 1 saturated carbocycles. The molecule has 2 fully saturated rings. The van der Waals surface area contributed by atoms with Crippen LogP contribution in [-0.2, 0) is 0 Å². The van der Waals surface area contributed by atoms with Crippen molar-refractivity contribution in [2.45, 2.75) is 43.8 Å². The Morgan fingerprint density at radius 1 is 1.28 bits per heavy atom. The van der Waals surface area contributed by atoms with Gasteiger partial charge in [-0.25, -0.2) is 0 Å². The van der Waals surface area contributed by atoms with Gasteiger partial charge in [-0.3, -0.25) is 4.90 Å². The maximum absolute atomic E-state index is 6.37. The summed E-state index contributed by atoms with van der Waals surface area (Å²) in [4.78, 5) is 2.60. The van der Waals surface area contributed by atoms with Gasteiger partial charge in [0.05, 0.1) is 11.1 Å². The highest BCUT2D eigenvalue weighted by Gasteiger charge is 2.39. The normalized spacial score (nSPS) is 29.5. The van der Waals surface area contributed by atoms with E-state index in [-0.39, 0.29) is 6.04 Å². The number of nitrogens with two attached hydrogens (primary N) is 1. The molecule has 98 valence electrons. The van der Waals surface area contributed by atoms with Gasteiger partial charge in [-0.15, -0.1) is 0 Å². The number of benzene rings is 1. The van der Waals surface area contributed by atoms with Crippen molar-refractivity contribution in [2.24, 2.45) is 5.73 Å². The summed E-state index contributed by atoms with van der Waals surface area (Å²) in [5, 5.41) is 0.765. The molecule has 1 aliphatic heterocycles. The lowest BCUT2D eigenvalue weighted by molar-refractivity contribution is 0.120. The van der Waals surface area contributed by atoms with Gasteiger partial charge in [0.2, 0.25) is 0 Å². The zero-order valence-electron chi connectivity index (χ0n) is 10.3. The Morgan fingerprint density at radius 3 is 2.72 bits per heavy atom. The average Bonchev–Trinajstić information content (AvgIpc) is 3.17. The summed E-state index contributed by atoms with van der Waals surface area (Å²) >= 11 is 9.59. The maximum Gasteiger partial charge on any atom is 0.0548 e. The lowest BCUT2D eigenvalue weighted by atomic mass is 9.91. The van der Waals surface area contributed by atoms with Crippen LogP contribution in [-0.4, -0.2) is 23.5 Å². The third-order valence-corrected chi connectivity index (χ3v) is 5.23. The van der Waals surface area contributed by atoms with E-state index in [2.05, 4.69) is 33.0 Å². The Kier molecular flexibility index (Phi) is 3.68. The van der Waals surface area contributed by atoms with Crippen LogP contribution in [0.3, 0.4) is 0 Å². The highest BCUT2D eigenvalue weighted by atomic mass is 79.9. The van der Waals surface area contributed by atoms with E-state index < -0.39 is 0 Å². The van der Waals surface area contributed by atoms with Gasteiger partial charge in [-0.05, 0) is 65.9 Å². The zero-order valence-corrected chi connectivity index (χ0v) is 12.6. The fourth-order valence-corrected chi connectivity index (χ4v) is 3.52. The van der Waals surface area contributed by atoms with Gasteiger partial charge in [0.15, 0.2) is 0 Å². The van der Waals surface area contributed by atoms with Crippen LogP contribution in [0.15, 0.2) is 22.7 Å². The van der Waals surface area contributed by atoms with Crippen LogP contribution in [0.1, 0.15) is 37.3 Å². The monoisotopic (exact) mass is 328 g/mol. The van der Waals surface area contributed by atoms with Crippen LogP contribution < -0.4 is 5.73 Å². The Balaban J connectivity index is 1.92. The molecule has 2 atom stereocenters. The van der Waals surface area contributed by atoms with Gasteiger partial charge in [0.25, 0.3) is 0 Å². The summed E-state index contributed by atoms with van der Waals surface area (Å²) < 4.78 is 0.968. The van der Waals surface area contributed by atoms with E-state index in [1.54, 1.807) is 0 Å². The first-order valence-electron chi connectivity index (χ1n) is 6.63. The molecule has 1 aliphatic carbocycles. The number of nitrogens with zero attached hydrogens (tertiary/aromatic N) is 1. The van der Waals surface area contributed by atoms with Crippen molar-refractivity contribution in [1.29, 1.82) is 0 Å². The van der Waals surface area contributed by atoms with Crippen molar-refractivity contribution in [1.82, 2.24) is 4.90 Å². The molecule has 18 heavy (non-hydrogen) atoms. The molecule has 1 saturated heterocycles. The van der Waals surface area contributed by atoms with Crippen molar-refractivity contribution >= 4 is 27.5 Å². The SMILES string of the molecule is NC1CCCN(C2CC2)C1c1ccc(Cl)c(Br)c1. The van der Waals surface area contributed by atoms with Crippen molar-refractivity contribution in [2.75, 3.05) is 6.54 Å². The van der Waals surface area contributed by atoms with Gasteiger partial charge < -0.3 is 5.73 Å². The second-order valence-corrected chi connectivity index (χ2v) is 6.66. The predicted molar refractivity (Wildman–Crippen MR) is 78.8 cm³/mol. The summed E-state index contributed by atoms with van der Waals surface area (Å²) in [6.07, 6.45) is 5.01. The fraction of sp³-hybridized carbons (Fsp3) is 0.571. The molecule has 2 unspecified atom stereocenters. The molecule has 1 aromatic carbocycles. The van der Waals surface area contributed by atoms with Crippen LogP contribution in [0.25, 0.3) is 0 Å². The molecule has 1 aromatic rings. The van der Waals surface area contributed by atoms with E-state index in [1.807, 2.05) is 6.07 Å². The molecule has 0 bridgehead atoms. The molecular weight excluding hydrogens is 312 g/mol. The Labute approximate surface area is 122 Å². The van der Waals surface area contributed by atoms with Crippen LogP contribution in [0.4, 0.5) is 0 Å². The van der Waals surface area contributed by atoms with E-state index in [4.69, 9.17) is 17.3 Å². The minimum atomic E-state index is 0.243. The smallest absolute Gasteiger partial charge is 0.0548 e. The molecule has 2 nitrogen and oxygen atoms in total. The van der Waals surface area contributed by atoms with Crippen molar-refractivity contribution < 1.29 is 0 Å². The number of likely N-dealkylation sites (tertiary alicyclic amines) is 1. The first kappa shape index (κ1) is 12.9. The molecule has 4 heteroatoms. The Hall–Kier alpha value is -0.0900. The van der Waals surface area contributed by atoms with Crippen molar-refractivity contribution in [3.63, 3.8) is 0 Å². The number of hydrogen-bond acceptors (Lipinski definition) is 2. The average molecular weight is 330 g/mol. The first-order chi connectivity index (χ1) is 8.66. The summed E-state index contributed by atoms with van der Waals surface area (Å²) in [5.41, 5.74) is 7.66. The summed E-state index contributed by atoms with van der Waals surface area (Å²) in [7, 11) is 0. The first-order valence-corrected chi connectivity index (χ1v) is 7.80. The second kappa shape index (κ2) is 5.12. The van der Waals surface area contributed by atoms with Crippen LogP contribution in [0.5, 0.6) is 0 Å². The number of piperidine rings is 1. The van der Waals surface area contributed by atoms with Crippen molar-refractivity contribution in [3.8, 4) is 0 Å². The van der Waals surface area contributed by atoms with Gasteiger partial charge >= 0.3 is 0 Å². The number of rotatable bonds is 2. The largest absolute Gasteiger partial charge is 0.326 e. The summed E-state index contributed by atoms with van der Waals surface area (Å²) in [5.74, 6) is 0. The molecule has 2 N–H and O–H groups in total. The Morgan fingerprint density at radius 2 is 2.06 bits per heavy atom. The quantitative estimate of drug-likeness (QED) is 0.896. The molecule has 1 heterocycles. The fourth-order valence-electron chi connectivity index (χ4n) is 3.00. The van der Waals surface area contributed by atoms with Crippen LogP contribution in [0, 0.1) is 0 Å². The number of hydrogen-bond donors (Lipinski definition) is 1. The highest BCUT2D eigenvalue weighted by Crippen LogP contribution is 2.40. The second-order valence-electron chi connectivity index (χ2n) is 5.39. The maximum atomic E-state index is 6.37. The standard InChI is InChI=1S/C14H18BrClN2/c15-11-8-9(3-6-12(11)16)14-13(17)2-1-7-18(14)10-4-5-10/h3,6,8,10,13-14H,1-2,4-5,7,17H2. The molecular formula is C14H18BrClN2. The predicted octanol–water partition coefficient (Wildman–Crippen LogP) is 3.73. The minimum Gasteiger partial charge on any atom is -0.326 e. The van der Waals surface area contributed by atoms with E-state index in [1.165, 1.54) is 31.4 Å². The van der Waals surface area contributed by atoms with E-state index in [0.29, 0.717) is 6.04 Å². The van der Waals surface area contributed by atoms with E-state index >= 15 is 0 Å². The topological polar surface area (TPSA) is 29.3 Å². The van der Waals surface area contributed by atoms with E-state index in [0.717, 1.165) is 22.0 Å². The Bertz CT molecular complexity index is 447. The van der Waals surface area contributed by atoms with Gasteiger partial charge in [-0.1, -0.05) is 17.7 Å². The summed E-state index contributed by atoms with van der Waals surface area (Å²) in [6, 6.07) is 7.59. The van der Waals surface area contributed by atoms with Gasteiger partial charge in [-0.2, -0.15) is 0 Å².